The lowest BCUT2D eigenvalue weighted by Gasteiger charge is -2.31. The maximum atomic E-state index is 12.4. The van der Waals surface area contributed by atoms with Crippen molar-refractivity contribution in [3.8, 4) is 11.2 Å². The molecule has 0 aromatic carbocycles. The van der Waals surface area contributed by atoms with Crippen LogP contribution >= 0.6 is 35.2 Å². The number of fused-ring (bicyclic) bond motifs is 1. The van der Waals surface area contributed by atoms with E-state index in [0.717, 1.165) is 0 Å². The van der Waals surface area contributed by atoms with Gasteiger partial charge in [-0.25, -0.2) is 4.79 Å². The molecular weight excluding hydrogens is 393 g/mol. The van der Waals surface area contributed by atoms with Crippen molar-refractivity contribution in [3.05, 3.63) is 31.2 Å². The zero-order valence-corrected chi connectivity index (χ0v) is 13.7. The second-order valence-corrected chi connectivity index (χ2v) is 5.66. The van der Waals surface area contributed by atoms with Crippen LogP contribution in [0.2, 0.25) is 0 Å². The fourth-order valence-corrected chi connectivity index (χ4v) is 2.90. The molecule has 1 aliphatic rings. The molecule has 0 bridgehead atoms. The standard InChI is InChI=1S/C13H12INO4S/c1-2-13(18)9-6-10(14)15(4-3-5-20)11(16)8(9)7-19-12(13)17/h6,18,20H,2,4,7H2,1H3/t13-/m0/s1. The molecule has 0 aliphatic carbocycles. The van der Waals surface area contributed by atoms with Gasteiger partial charge >= 0.3 is 5.97 Å². The van der Waals surface area contributed by atoms with Gasteiger partial charge in [0.15, 0.2) is 5.60 Å². The molecule has 1 N–H and O–H groups in total. The molecule has 106 valence electrons. The predicted molar refractivity (Wildman–Crippen MR) is 84.2 cm³/mol. The molecule has 2 rings (SSSR count). The van der Waals surface area contributed by atoms with E-state index in [9.17, 15) is 14.7 Å². The minimum Gasteiger partial charge on any atom is -0.458 e. The number of nitrogens with zero attached hydrogens (tertiary/aromatic N) is 1. The molecule has 2 heterocycles. The molecule has 0 spiro atoms. The Hall–Kier alpha value is -0.980. The topological polar surface area (TPSA) is 68.5 Å². The van der Waals surface area contributed by atoms with Gasteiger partial charge in [0, 0.05) is 5.56 Å². The highest BCUT2D eigenvalue weighted by Gasteiger charge is 2.44. The minimum atomic E-state index is -1.75. The van der Waals surface area contributed by atoms with E-state index in [1.165, 1.54) is 4.57 Å². The number of cyclic esters (lactones) is 1. The number of ether oxygens (including phenoxy) is 1. The predicted octanol–water partition coefficient (Wildman–Crippen LogP) is 0.998. The summed E-state index contributed by atoms with van der Waals surface area (Å²) in [6.07, 6.45) is 0.148. The first-order valence-electron chi connectivity index (χ1n) is 5.90. The number of rotatable bonds is 2. The fraction of sp³-hybridized carbons (Fsp3) is 0.385. The molecular formula is C13H12INO4S. The van der Waals surface area contributed by atoms with Crippen LogP contribution in [-0.4, -0.2) is 15.6 Å². The molecule has 20 heavy (non-hydrogen) atoms. The lowest BCUT2D eigenvalue weighted by atomic mass is 9.87. The third-order valence-corrected chi connectivity index (χ3v) is 4.36. The zero-order valence-electron chi connectivity index (χ0n) is 10.6. The molecule has 7 heteroatoms. The molecule has 1 atom stereocenters. The van der Waals surface area contributed by atoms with E-state index in [0.29, 0.717) is 14.8 Å². The molecule has 0 saturated carbocycles. The number of aliphatic hydroxyl groups is 1. The summed E-state index contributed by atoms with van der Waals surface area (Å²) in [6, 6.07) is 1.64. The van der Waals surface area contributed by atoms with E-state index in [-0.39, 0.29) is 25.1 Å². The number of halogens is 1. The number of carbonyl (C=O) groups excluding carboxylic acids is 1. The van der Waals surface area contributed by atoms with Gasteiger partial charge in [-0.2, -0.15) is 0 Å². The molecule has 0 saturated heterocycles. The number of aromatic nitrogens is 1. The van der Waals surface area contributed by atoms with Gasteiger partial charge in [-0.3, -0.25) is 9.36 Å². The van der Waals surface area contributed by atoms with Crippen LogP contribution in [0.15, 0.2) is 10.9 Å². The summed E-state index contributed by atoms with van der Waals surface area (Å²) < 4.78 is 6.99. The lowest BCUT2D eigenvalue weighted by Crippen LogP contribution is -2.44. The highest BCUT2D eigenvalue weighted by Crippen LogP contribution is 2.33. The number of hydrogen-bond donors (Lipinski definition) is 2. The fourth-order valence-electron chi connectivity index (χ4n) is 2.13. The van der Waals surface area contributed by atoms with Crippen molar-refractivity contribution in [3.63, 3.8) is 0 Å². The number of hydrogen-bond acceptors (Lipinski definition) is 5. The number of pyridine rings is 1. The summed E-state index contributed by atoms with van der Waals surface area (Å²) in [5.41, 5.74) is -1.42. The van der Waals surface area contributed by atoms with E-state index in [4.69, 9.17) is 4.74 Å². The van der Waals surface area contributed by atoms with Crippen molar-refractivity contribution < 1.29 is 14.6 Å². The van der Waals surface area contributed by atoms with Crippen molar-refractivity contribution in [2.45, 2.75) is 32.1 Å². The number of thiol groups is 1. The van der Waals surface area contributed by atoms with Crippen molar-refractivity contribution in [1.82, 2.24) is 4.57 Å². The van der Waals surface area contributed by atoms with Crippen LogP contribution in [0.4, 0.5) is 0 Å². The molecule has 0 amide bonds. The Kier molecular flexibility index (Phi) is 4.46. The van der Waals surface area contributed by atoms with Gasteiger partial charge in [-0.1, -0.05) is 25.5 Å². The maximum absolute atomic E-state index is 12.4. The van der Waals surface area contributed by atoms with Crippen LogP contribution in [0.1, 0.15) is 24.5 Å². The van der Waals surface area contributed by atoms with Gasteiger partial charge in [0.25, 0.3) is 5.56 Å². The van der Waals surface area contributed by atoms with E-state index >= 15 is 0 Å². The summed E-state index contributed by atoms with van der Waals surface area (Å²) in [4.78, 5) is 24.2. The molecule has 0 radical (unpaired) electrons. The zero-order chi connectivity index (χ0) is 14.9. The monoisotopic (exact) mass is 405 g/mol. The van der Waals surface area contributed by atoms with Gasteiger partial charge < -0.3 is 9.84 Å². The van der Waals surface area contributed by atoms with Crippen LogP contribution < -0.4 is 5.56 Å². The SMILES string of the molecule is CC[C@@]1(O)C(=O)OCc2c1cc(I)n(CC#CS)c2=O. The first-order valence-corrected chi connectivity index (χ1v) is 7.42. The van der Waals surface area contributed by atoms with Crippen LogP contribution in [-0.2, 0) is 28.3 Å². The van der Waals surface area contributed by atoms with Gasteiger partial charge in [-0.15, -0.1) is 0 Å². The van der Waals surface area contributed by atoms with E-state index in [1.54, 1.807) is 13.0 Å². The third-order valence-electron chi connectivity index (χ3n) is 3.31. The Morgan fingerprint density at radius 1 is 1.60 bits per heavy atom. The molecule has 1 aromatic rings. The Morgan fingerprint density at radius 3 is 2.90 bits per heavy atom. The highest BCUT2D eigenvalue weighted by atomic mass is 127. The quantitative estimate of drug-likeness (QED) is 0.253. The Morgan fingerprint density at radius 2 is 2.30 bits per heavy atom. The summed E-state index contributed by atoms with van der Waals surface area (Å²) in [7, 11) is 0. The number of esters is 1. The molecule has 5 nitrogen and oxygen atoms in total. The average Bonchev–Trinajstić information content (AvgIpc) is 2.43. The number of carbonyl (C=O) groups is 1. The Bertz CT molecular complexity index is 688. The summed E-state index contributed by atoms with van der Waals surface area (Å²) >= 11 is 5.76. The maximum Gasteiger partial charge on any atom is 0.343 e. The van der Waals surface area contributed by atoms with Crippen molar-refractivity contribution in [2.75, 3.05) is 0 Å². The highest BCUT2D eigenvalue weighted by molar-refractivity contribution is 14.1. The van der Waals surface area contributed by atoms with Gasteiger partial charge in [0.05, 0.1) is 15.8 Å². The molecule has 0 unspecified atom stereocenters. The normalized spacial score (nSPS) is 20.7. The molecule has 1 aliphatic heterocycles. The third kappa shape index (κ3) is 2.36. The van der Waals surface area contributed by atoms with Crippen LogP contribution in [0.25, 0.3) is 0 Å². The first-order chi connectivity index (χ1) is 9.45. The Balaban J connectivity index is 2.68. The van der Waals surface area contributed by atoms with Crippen LogP contribution in [0.3, 0.4) is 0 Å². The second kappa shape index (κ2) is 5.79. The van der Waals surface area contributed by atoms with E-state index in [1.807, 2.05) is 22.6 Å². The molecule has 1 aromatic heterocycles. The van der Waals surface area contributed by atoms with E-state index < -0.39 is 11.6 Å². The van der Waals surface area contributed by atoms with Crippen LogP contribution in [0.5, 0.6) is 0 Å². The van der Waals surface area contributed by atoms with Crippen molar-refractivity contribution in [1.29, 1.82) is 0 Å². The van der Waals surface area contributed by atoms with Crippen molar-refractivity contribution in [2.24, 2.45) is 0 Å². The average molecular weight is 405 g/mol. The smallest absolute Gasteiger partial charge is 0.343 e. The summed E-state index contributed by atoms with van der Waals surface area (Å²) in [6.45, 7) is 1.74. The lowest BCUT2D eigenvalue weighted by molar-refractivity contribution is -0.172. The summed E-state index contributed by atoms with van der Waals surface area (Å²) in [5, 5.41) is 12.9. The minimum absolute atomic E-state index is 0.124. The van der Waals surface area contributed by atoms with Crippen LogP contribution in [0, 0.1) is 14.9 Å². The van der Waals surface area contributed by atoms with E-state index in [2.05, 4.69) is 23.8 Å². The van der Waals surface area contributed by atoms with Gasteiger partial charge in [0.2, 0.25) is 0 Å². The summed E-state index contributed by atoms with van der Waals surface area (Å²) in [5.74, 6) is 1.99. The second-order valence-electron chi connectivity index (χ2n) is 4.33. The van der Waals surface area contributed by atoms with Gasteiger partial charge in [-0.05, 0) is 40.3 Å². The van der Waals surface area contributed by atoms with Gasteiger partial charge in [0.1, 0.15) is 6.61 Å². The molecule has 0 fully saturated rings. The Labute approximate surface area is 134 Å². The van der Waals surface area contributed by atoms with Crippen molar-refractivity contribution >= 4 is 41.2 Å². The largest absolute Gasteiger partial charge is 0.458 e. The first kappa shape index (κ1) is 15.4.